The van der Waals surface area contributed by atoms with Gasteiger partial charge in [0.05, 0.1) is 5.92 Å². The molecule has 1 aromatic heterocycles. The number of carbonyl (C=O) groups is 2. The molecule has 2 saturated heterocycles. The molecule has 32 heavy (non-hydrogen) atoms. The van der Waals surface area contributed by atoms with E-state index in [9.17, 15) is 9.59 Å². The number of carbonyl (C=O) groups excluding carboxylic acids is 2. The quantitative estimate of drug-likeness (QED) is 0.649. The zero-order chi connectivity index (χ0) is 22.5. The molecule has 2 amide bonds. The average Bonchev–Trinajstić information content (AvgIpc) is 3.19. The predicted octanol–water partition coefficient (Wildman–Crippen LogP) is 2.66. The fourth-order valence-corrected chi connectivity index (χ4v) is 4.28. The van der Waals surface area contributed by atoms with Crippen molar-refractivity contribution in [2.75, 3.05) is 47.8 Å². The molecule has 8 nitrogen and oxygen atoms in total. The summed E-state index contributed by atoms with van der Waals surface area (Å²) in [5, 5.41) is 6.16. The molecule has 2 aliphatic heterocycles. The van der Waals surface area contributed by atoms with Crippen LogP contribution < -0.4 is 20.4 Å². The molecular formula is C24H32N6O2. The van der Waals surface area contributed by atoms with E-state index in [1.165, 1.54) is 19.3 Å². The first-order chi connectivity index (χ1) is 15.5. The largest absolute Gasteiger partial charge is 0.356 e. The van der Waals surface area contributed by atoms with Gasteiger partial charge in [-0.25, -0.2) is 4.98 Å². The topological polar surface area (TPSA) is 90.5 Å². The van der Waals surface area contributed by atoms with Crippen LogP contribution in [0.25, 0.3) is 0 Å². The van der Waals surface area contributed by atoms with Gasteiger partial charge in [-0.15, -0.1) is 0 Å². The van der Waals surface area contributed by atoms with E-state index in [1.54, 1.807) is 4.90 Å². The lowest BCUT2D eigenvalue weighted by atomic mass is 10.1. The number of hydrogen-bond acceptors (Lipinski definition) is 6. The zero-order valence-corrected chi connectivity index (χ0v) is 18.9. The van der Waals surface area contributed by atoms with Crippen LogP contribution in [0.1, 0.15) is 36.9 Å². The first kappa shape index (κ1) is 22.0. The van der Waals surface area contributed by atoms with E-state index in [1.807, 2.05) is 44.2 Å². The number of amides is 2. The number of rotatable bonds is 7. The highest BCUT2D eigenvalue weighted by molar-refractivity contribution is 6.00. The number of aryl methyl sites for hydroxylation is 2. The minimum Gasteiger partial charge on any atom is -0.356 e. The molecule has 0 saturated carbocycles. The van der Waals surface area contributed by atoms with Gasteiger partial charge in [0.25, 0.3) is 0 Å². The molecule has 0 spiro atoms. The summed E-state index contributed by atoms with van der Waals surface area (Å²) in [5.41, 5.74) is 2.91. The highest BCUT2D eigenvalue weighted by Gasteiger charge is 2.34. The van der Waals surface area contributed by atoms with E-state index >= 15 is 0 Å². The van der Waals surface area contributed by atoms with Crippen LogP contribution >= 0.6 is 0 Å². The van der Waals surface area contributed by atoms with Crippen molar-refractivity contribution in [2.45, 2.75) is 39.5 Å². The maximum absolute atomic E-state index is 12.6. The summed E-state index contributed by atoms with van der Waals surface area (Å²) in [6, 6.07) is 9.83. The van der Waals surface area contributed by atoms with Crippen molar-refractivity contribution in [1.82, 2.24) is 15.3 Å². The second kappa shape index (κ2) is 9.97. The summed E-state index contributed by atoms with van der Waals surface area (Å²) in [6.45, 7) is 7.44. The van der Waals surface area contributed by atoms with Gasteiger partial charge in [-0.3, -0.25) is 9.59 Å². The molecule has 1 atom stereocenters. The van der Waals surface area contributed by atoms with Gasteiger partial charge < -0.3 is 20.4 Å². The van der Waals surface area contributed by atoms with Crippen LogP contribution in [0.5, 0.6) is 0 Å². The smallest absolute Gasteiger partial charge is 0.227 e. The predicted molar refractivity (Wildman–Crippen MR) is 126 cm³/mol. The Labute approximate surface area is 189 Å². The summed E-state index contributed by atoms with van der Waals surface area (Å²) in [7, 11) is 0. The molecule has 1 unspecified atom stereocenters. The molecular weight excluding hydrogens is 404 g/mol. The Morgan fingerprint density at radius 1 is 1.06 bits per heavy atom. The Morgan fingerprint density at radius 2 is 1.81 bits per heavy atom. The average molecular weight is 437 g/mol. The Morgan fingerprint density at radius 3 is 2.56 bits per heavy atom. The summed E-state index contributed by atoms with van der Waals surface area (Å²) < 4.78 is 0. The number of aromatic nitrogens is 2. The van der Waals surface area contributed by atoms with Crippen molar-refractivity contribution < 1.29 is 9.59 Å². The zero-order valence-electron chi connectivity index (χ0n) is 18.9. The van der Waals surface area contributed by atoms with Gasteiger partial charge in [0, 0.05) is 56.6 Å². The van der Waals surface area contributed by atoms with Gasteiger partial charge >= 0.3 is 0 Å². The van der Waals surface area contributed by atoms with Crippen LogP contribution in [0.2, 0.25) is 0 Å². The molecule has 4 rings (SSSR count). The van der Waals surface area contributed by atoms with Gasteiger partial charge in [0.2, 0.25) is 17.8 Å². The SMILES string of the molecule is Cc1ccc(N2CC(C(=O)NCCNc3nc(C)cc(N4CCCCC4)n3)CC2=O)cc1. The van der Waals surface area contributed by atoms with Gasteiger partial charge in [0.15, 0.2) is 0 Å². The maximum Gasteiger partial charge on any atom is 0.227 e. The Kier molecular flexibility index (Phi) is 6.87. The van der Waals surface area contributed by atoms with Crippen LogP contribution in [0.4, 0.5) is 17.5 Å². The first-order valence-corrected chi connectivity index (χ1v) is 11.5. The Hall–Kier alpha value is -3.16. The fourth-order valence-electron chi connectivity index (χ4n) is 4.28. The third-order valence-electron chi connectivity index (χ3n) is 6.07. The molecule has 2 N–H and O–H groups in total. The van der Waals surface area contributed by atoms with E-state index in [0.717, 1.165) is 35.9 Å². The Bertz CT molecular complexity index is 955. The van der Waals surface area contributed by atoms with E-state index < -0.39 is 0 Å². The van der Waals surface area contributed by atoms with Crippen molar-refractivity contribution in [3.05, 3.63) is 41.6 Å². The van der Waals surface area contributed by atoms with E-state index in [2.05, 4.69) is 25.5 Å². The molecule has 2 aromatic rings. The molecule has 0 radical (unpaired) electrons. The first-order valence-electron chi connectivity index (χ1n) is 11.5. The summed E-state index contributed by atoms with van der Waals surface area (Å²) >= 11 is 0. The number of benzene rings is 1. The lowest BCUT2D eigenvalue weighted by molar-refractivity contribution is -0.126. The fraction of sp³-hybridized carbons (Fsp3) is 0.500. The van der Waals surface area contributed by atoms with Crippen molar-refractivity contribution in [2.24, 2.45) is 5.92 Å². The summed E-state index contributed by atoms with van der Waals surface area (Å²) in [4.78, 5) is 38.1. The van der Waals surface area contributed by atoms with Crippen molar-refractivity contribution in [3.8, 4) is 0 Å². The standard InChI is InChI=1S/C24H32N6O2/c1-17-6-8-20(9-7-17)30-16-19(15-22(30)31)23(32)25-10-11-26-24-27-18(2)14-21(28-24)29-12-4-3-5-13-29/h6-9,14,19H,3-5,10-13,15-16H2,1-2H3,(H,25,32)(H,26,27,28). The van der Waals surface area contributed by atoms with Gasteiger partial charge in [-0.2, -0.15) is 4.98 Å². The van der Waals surface area contributed by atoms with Crippen molar-refractivity contribution in [3.63, 3.8) is 0 Å². The van der Waals surface area contributed by atoms with Crippen LogP contribution in [0.15, 0.2) is 30.3 Å². The summed E-state index contributed by atoms with van der Waals surface area (Å²) in [5.74, 6) is 1.12. The number of hydrogen-bond donors (Lipinski definition) is 2. The minimum absolute atomic E-state index is 0.00877. The molecule has 3 heterocycles. The van der Waals surface area contributed by atoms with Crippen LogP contribution in [0.3, 0.4) is 0 Å². The highest BCUT2D eigenvalue weighted by Crippen LogP contribution is 2.25. The molecule has 8 heteroatoms. The second-order valence-corrected chi connectivity index (χ2v) is 8.70. The van der Waals surface area contributed by atoms with Crippen molar-refractivity contribution >= 4 is 29.3 Å². The second-order valence-electron chi connectivity index (χ2n) is 8.70. The monoisotopic (exact) mass is 436 g/mol. The molecule has 2 aliphatic rings. The molecule has 1 aromatic carbocycles. The number of anilines is 3. The summed E-state index contributed by atoms with van der Waals surface area (Å²) in [6.07, 6.45) is 3.92. The third-order valence-corrected chi connectivity index (χ3v) is 6.07. The van der Waals surface area contributed by atoms with Crippen molar-refractivity contribution in [1.29, 1.82) is 0 Å². The van der Waals surface area contributed by atoms with Crippen LogP contribution in [-0.4, -0.2) is 54.5 Å². The maximum atomic E-state index is 12.6. The van der Waals surface area contributed by atoms with Gasteiger partial charge in [0.1, 0.15) is 5.82 Å². The van der Waals surface area contributed by atoms with E-state index in [0.29, 0.717) is 25.6 Å². The highest BCUT2D eigenvalue weighted by atomic mass is 16.2. The number of nitrogens with one attached hydrogen (secondary N) is 2. The van der Waals surface area contributed by atoms with E-state index in [4.69, 9.17) is 0 Å². The number of nitrogens with zero attached hydrogens (tertiary/aromatic N) is 4. The molecule has 0 bridgehead atoms. The van der Waals surface area contributed by atoms with Gasteiger partial charge in [-0.05, 0) is 45.2 Å². The number of piperidine rings is 1. The Balaban J connectivity index is 1.25. The third kappa shape index (κ3) is 5.36. The van der Waals surface area contributed by atoms with Crippen LogP contribution in [0, 0.1) is 19.8 Å². The molecule has 170 valence electrons. The molecule has 2 fully saturated rings. The normalized spacial score (nSPS) is 18.7. The lowest BCUT2D eigenvalue weighted by Gasteiger charge is -2.28. The van der Waals surface area contributed by atoms with Crippen LogP contribution in [-0.2, 0) is 9.59 Å². The van der Waals surface area contributed by atoms with E-state index in [-0.39, 0.29) is 24.2 Å². The molecule has 0 aliphatic carbocycles. The minimum atomic E-state index is -0.329. The van der Waals surface area contributed by atoms with Gasteiger partial charge in [-0.1, -0.05) is 17.7 Å². The lowest BCUT2D eigenvalue weighted by Crippen LogP contribution is -2.35.